The van der Waals surface area contributed by atoms with Crippen LogP contribution >= 0.6 is 6.19 Å². The second kappa shape index (κ2) is 4.92. The fourth-order valence-corrected chi connectivity index (χ4v) is 7.01. The Kier molecular flexibility index (Phi) is 3.77. The second-order valence-electron chi connectivity index (χ2n) is 6.09. The number of hydrogen-bond donors (Lipinski definition) is 0. The number of nitrogens with zero attached hydrogens (tertiary/aromatic N) is 1. The van der Waals surface area contributed by atoms with Crippen LogP contribution in [-0.4, -0.2) is 10.2 Å². The van der Waals surface area contributed by atoms with Crippen molar-refractivity contribution >= 4 is 23.3 Å². The van der Waals surface area contributed by atoms with Gasteiger partial charge in [0.2, 0.25) is 0 Å². The van der Waals surface area contributed by atoms with Crippen LogP contribution in [0.25, 0.3) is 0 Å². The summed E-state index contributed by atoms with van der Waals surface area (Å²) in [5.41, 5.74) is 1.31. The number of allylic oxidation sites excluding steroid dienone is 3. The van der Waals surface area contributed by atoms with Gasteiger partial charge in [0.05, 0.1) is 6.19 Å². The van der Waals surface area contributed by atoms with Gasteiger partial charge in [-0.05, 0) is 45.5 Å². The first-order chi connectivity index (χ1) is 8.76. The molecule has 3 heteroatoms. The molecule has 1 nitrogen and oxygen atoms in total. The molecule has 0 bridgehead atoms. The molecule has 0 fully saturated rings. The number of hydrogen-bond acceptors (Lipinski definition) is 1. The maximum Gasteiger partial charge on any atom is 0.0887 e. The first kappa shape index (κ1) is 14.6. The zero-order valence-electron chi connectivity index (χ0n) is 12.3. The molecule has 1 aromatic rings. The molecule has 0 aromatic heterocycles. The van der Waals surface area contributed by atoms with Crippen LogP contribution in [0, 0.1) is 0 Å². The lowest BCUT2D eigenvalue weighted by Gasteiger charge is -2.46. The van der Waals surface area contributed by atoms with Gasteiger partial charge in [0, 0.05) is 17.0 Å². The molecule has 0 amide bonds. The highest BCUT2D eigenvalue weighted by atomic mass is 32.4. The van der Waals surface area contributed by atoms with Crippen LogP contribution in [0.5, 0.6) is 0 Å². The van der Waals surface area contributed by atoms with E-state index < -0.39 is 6.19 Å². The summed E-state index contributed by atoms with van der Waals surface area (Å²) in [4.78, 5) is 0. The molecular formula is C16H22NPS. The van der Waals surface area contributed by atoms with E-state index in [1.165, 1.54) is 16.2 Å². The van der Waals surface area contributed by atoms with E-state index in [1.54, 1.807) is 0 Å². The van der Waals surface area contributed by atoms with E-state index in [0.717, 1.165) is 0 Å². The minimum Gasteiger partial charge on any atom is -0.338 e. The molecule has 0 saturated heterocycles. The summed E-state index contributed by atoms with van der Waals surface area (Å²) in [5.74, 6) is 0. The van der Waals surface area contributed by atoms with Crippen LogP contribution < -0.4 is 5.30 Å². The van der Waals surface area contributed by atoms with E-state index in [0.29, 0.717) is 0 Å². The van der Waals surface area contributed by atoms with Gasteiger partial charge in [0.1, 0.15) is 0 Å². The molecule has 1 aromatic carbocycles. The monoisotopic (exact) mass is 291 g/mol. The lowest BCUT2D eigenvalue weighted by atomic mass is 10.1. The Labute approximate surface area is 122 Å². The van der Waals surface area contributed by atoms with E-state index in [9.17, 15) is 0 Å². The highest BCUT2D eigenvalue weighted by molar-refractivity contribution is 8.19. The second-order valence-corrected chi connectivity index (χ2v) is 10.5. The van der Waals surface area contributed by atoms with Gasteiger partial charge >= 0.3 is 0 Å². The van der Waals surface area contributed by atoms with Crippen molar-refractivity contribution in [3.05, 3.63) is 53.5 Å². The molecule has 1 aliphatic rings. The van der Waals surface area contributed by atoms with Gasteiger partial charge in [-0.3, -0.25) is 0 Å². The smallest absolute Gasteiger partial charge is 0.0887 e. The molecule has 19 heavy (non-hydrogen) atoms. The predicted octanol–water partition coefficient (Wildman–Crippen LogP) is 4.63. The molecular weight excluding hydrogens is 269 g/mol. The average Bonchev–Trinajstić information content (AvgIpc) is 2.33. The van der Waals surface area contributed by atoms with Gasteiger partial charge in [-0.15, -0.1) is 0 Å². The van der Waals surface area contributed by atoms with Crippen molar-refractivity contribution in [1.82, 2.24) is 4.67 Å². The summed E-state index contributed by atoms with van der Waals surface area (Å²) in [6, 6.07) is 10.6. The highest BCUT2D eigenvalue weighted by Gasteiger charge is 2.36. The van der Waals surface area contributed by atoms with Crippen molar-refractivity contribution in [2.75, 3.05) is 0 Å². The lowest BCUT2D eigenvalue weighted by Crippen LogP contribution is -2.38. The number of benzene rings is 1. The summed E-state index contributed by atoms with van der Waals surface area (Å²) in [6.45, 7) is 11.0. The van der Waals surface area contributed by atoms with Crippen LogP contribution in [0.15, 0.2) is 53.5 Å². The van der Waals surface area contributed by atoms with Crippen LogP contribution in [-0.2, 0) is 11.8 Å². The molecule has 0 N–H and O–H groups in total. The quantitative estimate of drug-likeness (QED) is 0.694. The third kappa shape index (κ3) is 2.57. The van der Waals surface area contributed by atoms with Gasteiger partial charge in [0.25, 0.3) is 0 Å². The molecule has 0 aliphatic carbocycles. The molecule has 102 valence electrons. The largest absolute Gasteiger partial charge is 0.338 e. The molecule has 0 radical (unpaired) electrons. The first-order valence-electron chi connectivity index (χ1n) is 6.59. The Balaban J connectivity index is 2.65. The molecule has 0 spiro atoms. The Morgan fingerprint density at radius 2 is 1.63 bits per heavy atom. The minimum absolute atomic E-state index is 0.0299. The Morgan fingerprint density at radius 3 is 2.16 bits per heavy atom. The van der Waals surface area contributed by atoms with Crippen LogP contribution in [0.4, 0.5) is 0 Å². The van der Waals surface area contributed by atoms with Gasteiger partial charge in [-0.1, -0.05) is 48.2 Å². The summed E-state index contributed by atoms with van der Waals surface area (Å²) < 4.78 is 2.41. The van der Waals surface area contributed by atoms with Crippen molar-refractivity contribution in [1.29, 1.82) is 0 Å². The van der Waals surface area contributed by atoms with E-state index in [1.807, 2.05) is 0 Å². The lowest BCUT2D eigenvalue weighted by molar-refractivity contribution is 0.338. The summed E-state index contributed by atoms with van der Waals surface area (Å²) in [6.07, 6.45) is 2.61. The molecule has 0 saturated carbocycles. The van der Waals surface area contributed by atoms with Gasteiger partial charge in [-0.2, -0.15) is 0 Å². The molecule has 1 atom stereocenters. The van der Waals surface area contributed by atoms with Gasteiger partial charge in [0.15, 0.2) is 0 Å². The maximum absolute atomic E-state index is 6.19. The zero-order chi connectivity index (χ0) is 14.3. The first-order valence-corrected chi connectivity index (χ1v) is 9.34. The summed E-state index contributed by atoms with van der Waals surface area (Å²) >= 11 is 6.19. The minimum atomic E-state index is -1.87. The van der Waals surface area contributed by atoms with Crippen molar-refractivity contribution in [3.63, 3.8) is 0 Å². The maximum atomic E-state index is 6.19. The average molecular weight is 291 g/mol. The standard InChI is InChI=1S/C16H22NPS/c1-13-11-14(2)18(19,15-9-7-6-8-10-15)17(12-13)16(3,4)5/h6-12H,1-5H3. The fourth-order valence-electron chi connectivity index (χ4n) is 2.47. The molecule has 2 rings (SSSR count). The van der Waals surface area contributed by atoms with Crippen molar-refractivity contribution < 1.29 is 0 Å². The zero-order valence-corrected chi connectivity index (χ0v) is 14.1. The fraction of sp³-hybridized carbons (Fsp3) is 0.375. The van der Waals surface area contributed by atoms with E-state index in [-0.39, 0.29) is 5.54 Å². The SMILES string of the molecule is CC1=CN(C(C)(C)C)P(=S)(c2ccccc2)C(C)=C1. The predicted molar refractivity (Wildman–Crippen MR) is 89.5 cm³/mol. The Bertz CT molecular complexity index is 579. The Hall–Kier alpha value is -0.850. The number of rotatable bonds is 1. The third-order valence-corrected chi connectivity index (χ3v) is 8.77. The van der Waals surface area contributed by atoms with E-state index in [4.69, 9.17) is 11.8 Å². The van der Waals surface area contributed by atoms with Crippen molar-refractivity contribution in [3.8, 4) is 0 Å². The van der Waals surface area contributed by atoms with Gasteiger partial charge in [-0.25, -0.2) is 0 Å². The van der Waals surface area contributed by atoms with Crippen LogP contribution in [0.2, 0.25) is 0 Å². The van der Waals surface area contributed by atoms with E-state index >= 15 is 0 Å². The van der Waals surface area contributed by atoms with Gasteiger partial charge < -0.3 is 4.67 Å². The van der Waals surface area contributed by atoms with Crippen molar-refractivity contribution in [2.24, 2.45) is 0 Å². The molecule has 1 heterocycles. The summed E-state index contributed by atoms with van der Waals surface area (Å²) in [5, 5.41) is 2.60. The normalized spacial score (nSPS) is 23.9. The van der Waals surface area contributed by atoms with Crippen LogP contribution in [0.3, 0.4) is 0 Å². The topological polar surface area (TPSA) is 3.24 Å². The Morgan fingerprint density at radius 1 is 1.05 bits per heavy atom. The van der Waals surface area contributed by atoms with E-state index in [2.05, 4.69) is 81.9 Å². The van der Waals surface area contributed by atoms with Crippen molar-refractivity contribution in [2.45, 2.75) is 40.2 Å². The highest BCUT2D eigenvalue weighted by Crippen LogP contribution is 2.61. The summed E-state index contributed by atoms with van der Waals surface area (Å²) in [7, 11) is 0. The van der Waals surface area contributed by atoms with Crippen LogP contribution in [0.1, 0.15) is 34.6 Å². The molecule has 1 aliphatic heterocycles. The molecule has 1 unspecified atom stereocenters. The third-order valence-electron chi connectivity index (χ3n) is 3.34.